The van der Waals surface area contributed by atoms with Gasteiger partial charge in [-0.1, -0.05) is 40.2 Å². The summed E-state index contributed by atoms with van der Waals surface area (Å²) in [5, 5.41) is 8.68. The molecule has 0 unspecified atom stereocenters. The van der Waals surface area contributed by atoms with Gasteiger partial charge in [0.05, 0.1) is 6.42 Å². The topological polar surface area (TPSA) is 46.5 Å². The zero-order valence-corrected chi connectivity index (χ0v) is 12.1. The minimum absolute atomic E-state index is 0.00200. The third-order valence-electron chi connectivity index (χ3n) is 2.62. The smallest absolute Gasteiger partial charge is 0.307 e. The van der Waals surface area contributed by atoms with Crippen molar-refractivity contribution in [1.82, 2.24) is 0 Å². The summed E-state index contributed by atoms with van der Waals surface area (Å²) in [6, 6.07) is 11.4. The van der Waals surface area contributed by atoms with Gasteiger partial charge in [0.15, 0.2) is 0 Å². The van der Waals surface area contributed by atoms with Gasteiger partial charge in [0, 0.05) is 10.5 Å². The van der Waals surface area contributed by atoms with Crippen LogP contribution in [0.5, 0.6) is 5.75 Å². The lowest BCUT2D eigenvalue weighted by Gasteiger charge is -2.07. The van der Waals surface area contributed by atoms with Crippen molar-refractivity contribution in [3.05, 3.63) is 63.9 Å². The largest absolute Gasteiger partial charge is 0.489 e. The molecule has 1 N–H and O–H groups in total. The third kappa shape index (κ3) is 4.35. The second-order valence-electron chi connectivity index (χ2n) is 4.28. The van der Waals surface area contributed by atoms with E-state index in [2.05, 4.69) is 15.9 Å². The Morgan fingerprint density at radius 2 is 1.80 bits per heavy atom. The Morgan fingerprint density at radius 3 is 2.40 bits per heavy atom. The number of hydrogen-bond acceptors (Lipinski definition) is 2. The molecular weight excluding hydrogens is 327 g/mol. The summed E-state index contributed by atoms with van der Waals surface area (Å²) in [5.41, 5.74) is 1.62. The van der Waals surface area contributed by atoms with Crippen molar-refractivity contribution in [1.29, 1.82) is 0 Å². The lowest BCUT2D eigenvalue weighted by atomic mass is 10.1. The fraction of sp³-hybridized carbons (Fsp3) is 0.133. The average molecular weight is 339 g/mol. The van der Waals surface area contributed by atoms with Crippen molar-refractivity contribution >= 4 is 21.9 Å². The van der Waals surface area contributed by atoms with E-state index in [1.165, 1.54) is 12.1 Å². The molecule has 2 aromatic carbocycles. The average Bonchev–Trinajstić information content (AvgIpc) is 2.36. The van der Waals surface area contributed by atoms with Crippen molar-refractivity contribution < 1.29 is 19.0 Å². The van der Waals surface area contributed by atoms with Crippen LogP contribution < -0.4 is 4.74 Å². The summed E-state index contributed by atoms with van der Waals surface area (Å²) in [7, 11) is 0. The van der Waals surface area contributed by atoms with Crippen LogP contribution in [0.25, 0.3) is 0 Å². The second kappa shape index (κ2) is 6.52. The molecule has 0 heterocycles. The van der Waals surface area contributed by atoms with Gasteiger partial charge < -0.3 is 9.84 Å². The highest BCUT2D eigenvalue weighted by molar-refractivity contribution is 9.10. The van der Waals surface area contributed by atoms with Gasteiger partial charge in [0.2, 0.25) is 0 Å². The van der Waals surface area contributed by atoms with Gasteiger partial charge in [0.1, 0.15) is 18.2 Å². The Labute approximate surface area is 124 Å². The molecule has 0 saturated heterocycles. The predicted octanol–water partition coefficient (Wildman–Crippen LogP) is 3.79. The SMILES string of the molecule is O=C(O)Cc1ccc(COc2cc(F)cc(Br)c2)cc1. The molecule has 0 spiro atoms. The van der Waals surface area contributed by atoms with E-state index < -0.39 is 5.97 Å². The summed E-state index contributed by atoms with van der Waals surface area (Å²) >= 11 is 3.20. The van der Waals surface area contributed by atoms with E-state index in [4.69, 9.17) is 9.84 Å². The van der Waals surface area contributed by atoms with Gasteiger partial charge in [-0.15, -0.1) is 0 Å². The van der Waals surface area contributed by atoms with Crippen LogP contribution in [0.15, 0.2) is 46.9 Å². The zero-order chi connectivity index (χ0) is 14.5. The minimum atomic E-state index is -0.862. The fourth-order valence-electron chi connectivity index (χ4n) is 1.71. The second-order valence-corrected chi connectivity index (χ2v) is 5.20. The molecule has 0 radical (unpaired) electrons. The fourth-order valence-corrected chi connectivity index (χ4v) is 2.15. The van der Waals surface area contributed by atoms with Crippen LogP contribution in [0, 0.1) is 5.82 Å². The molecule has 0 fully saturated rings. The lowest BCUT2D eigenvalue weighted by molar-refractivity contribution is -0.136. The van der Waals surface area contributed by atoms with E-state index in [0.717, 1.165) is 11.1 Å². The number of ether oxygens (including phenoxy) is 1. The molecule has 0 bridgehead atoms. The van der Waals surface area contributed by atoms with Crippen LogP contribution in [0.4, 0.5) is 4.39 Å². The molecule has 0 saturated carbocycles. The number of hydrogen-bond donors (Lipinski definition) is 1. The number of halogens is 2. The van der Waals surface area contributed by atoms with Crippen molar-refractivity contribution in [3.8, 4) is 5.75 Å². The highest BCUT2D eigenvalue weighted by Crippen LogP contribution is 2.21. The first kappa shape index (κ1) is 14.5. The molecule has 0 aliphatic carbocycles. The van der Waals surface area contributed by atoms with Crippen molar-refractivity contribution in [3.63, 3.8) is 0 Å². The van der Waals surface area contributed by atoms with Crippen molar-refractivity contribution in [2.45, 2.75) is 13.0 Å². The van der Waals surface area contributed by atoms with Crippen LogP contribution >= 0.6 is 15.9 Å². The molecule has 2 rings (SSSR count). The van der Waals surface area contributed by atoms with Crippen LogP contribution in [0.2, 0.25) is 0 Å². The van der Waals surface area contributed by atoms with Crippen molar-refractivity contribution in [2.24, 2.45) is 0 Å². The Bertz CT molecular complexity index is 591. The molecule has 0 aliphatic heterocycles. The first-order chi connectivity index (χ1) is 9.52. The number of aliphatic carboxylic acids is 1. The Morgan fingerprint density at radius 1 is 1.15 bits per heavy atom. The molecule has 20 heavy (non-hydrogen) atoms. The molecule has 0 aromatic heterocycles. The Balaban J connectivity index is 1.98. The van der Waals surface area contributed by atoms with Gasteiger partial charge in [-0.3, -0.25) is 4.79 Å². The first-order valence-corrected chi connectivity index (χ1v) is 6.71. The van der Waals surface area contributed by atoms with Gasteiger partial charge in [-0.25, -0.2) is 4.39 Å². The number of carbonyl (C=O) groups is 1. The standard InChI is InChI=1S/C15H12BrFO3/c16-12-6-13(17)8-14(7-12)20-9-11-3-1-10(2-4-11)5-15(18)19/h1-4,6-8H,5,9H2,(H,18,19). The third-order valence-corrected chi connectivity index (χ3v) is 3.08. The Hall–Kier alpha value is -1.88. The monoisotopic (exact) mass is 338 g/mol. The van der Waals surface area contributed by atoms with Crippen LogP contribution in [0.3, 0.4) is 0 Å². The van der Waals surface area contributed by atoms with Gasteiger partial charge in [-0.05, 0) is 23.3 Å². The van der Waals surface area contributed by atoms with E-state index >= 15 is 0 Å². The molecular formula is C15H12BrFO3. The summed E-state index contributed by atoms with van der Waals surface area (Å²) in [5.74, 6) is -0.795. The molecule has 0 aliphatic rings. The lowest BCUT2D eigenvalue weighted by Crippen LogP contribution is -2.01. The Kier molecular flexibility index (Phi) is 4.74. The maximum Gasteiger partial charge on any atom is 0.307 e. The molecule has 0 atom stereocenters. The number of rotatable bonds is 5. The van der Waals surface area contributed by atoms with E-state index in [9.17, 15) is 9.18 Å². The van der Waals surface area contributed by atoms with Crippen LogP contribution in [0.1, 0.15) is 11.1 Å². The van der Waals surface area contributed by atoms with Crippen molar-refractivity contribution in [2.75, 3.05) is 0 Å². The number of carboxylic acids is 1. The summed E-state index contributed by atoms with van der Waals surface area (Å²) in [4.78, 5) is 10.6. The molecule has 3 nitrogen and oxygen atoms in total. The maximum atomic E-state index is 13.2. The zero-order valence-electron chi connectivity index (χ0n) is 10.5. The van der Waals surface area contributed by atoms with Gasteiger partial charge >= 0.3 is 5.97 Å². The van der Waals surface area contributed by atoms with E-state index in [1.54, 1.807) is 30.3 Å². The summed E-state index contributed by atoms with van der Waals surface area (Å²) in [6.45, 7) is 0.295. The van der Waals surface area contributed by atoms with Gasteiger partial charge in [0.25, 0.3) is 0 Å². The van der Waals surface area contributed by atoms with E-state index in [-0.39, 0.29) is 12.2 Å². The number of carboxylic acid groups (broad SMARTS) is 1. The first-order valence-electron chi connectivity index (χ1n) is 5.91. The molecule has 0 amide bonds. The van der Waals surface area contributed by atoms with E-state index in [0.29, 0.717) is 16.8 Å². The van der Waals surface area contributed by atoms with Crippen LogP contribution in [-0.2, 0) is 17.8 Å². The number of benzene rings is 2. The summed E-state index contributed by atoms with van der Waals surface area (Å²) < 4.78 is 19.3. The normalized spacial score (nSPS) is 10.3. The summed E-state index contributed by atoms with van der Waals surface area (Å²) in [6.07, 6.45) is -0.00200. The molecule has 5 heteroatoms. The predicted molar refractivity (Wildman–Crippen MR) is 76.2 cm³/mol. The minimum Gasteiger partial charge on any atom is -0.489 e. The highest BCUT2D eigenvalue weighted by atomic mass is 79.9. The maximum absolute atomic E-state index is 13.2. The molecule has 2 aromatic rings. The van der Waals surface area contributed by atoms with Gasteiger partial charge in [-0.2, -0.15) is 0 Å². The quantitative estimate of drug-likeness (QED) is 0.901. The van der Waals surface area contributed by atoms with E-state index in [1.807, 2.05) is 0 Å². The molecule has 104 valence electrons. The van der Waals surface area contributed by atoms with Crippen LogP contribution in [-0.4, -0.2) is 11.1 Å². The highest BCUT2D eigenvalue weighted by Gasteiger charge is 2.03.